The van der Waals surface area contributed by atoms with Gasteiger partial charge in [0.15, 0.2) is 0 Å². The Balaban J connectivity index is 0.00000400. The Labute approximate surface area is 131 Å². The normalized spacial score (nSPS) is 11.2. The van der Waals surface area contributed by atoms with Gasteiger partial charge in [-0.25, -0.2) is 0 Å². The van der Waals surface area contributed by atoms with E-state index in [1.54, 1.807) is 24.3 Å². The molecule has 1 aromatic heterocycles. The van der Waals surface area contributed by atoms with Gasteiger partial charge in [0, 0.05) is 32.4 Å². The number of hydrogen-bond acceptors (Lipinski definition) is 5. The molecule has 0 unspecified atom stereocenters. The van der Waals surface area contributed by atoms with E-state index in [4.69, 9.17) is 5.73 Å². The molecule has 6 nitrogen and oxygen atoms in total. The Morgan fingerprint density at radius 1 is 1.38 bits per heavy atom. The molecule has 0 aliphatic heterocycles. The number of rotatable bonds is 7. The first kappa shape index (κ1) is 19.3. The summed E-state index contributed by atoms with van der Waals surface area (Å²) in [6, 6.07) is 3.11. The van der Waals surface area contributed by atoms with E-state index in [-0.39, 0.29) is 24.7 Å². The van der Waals surface area contributed by atoms with Crippen LogP contribution < -0.4 is 5.73 Å². The van der Waals surface area contributed by atoms with E-state index in [9.17, 15) is 9.59 Å². The topological polar surface area (TPSA) is 85.5 Å². The molecule has 21 heavy (non-hydrogen) atoms. The molecule has 0 spiro atoms. The van der Waals surface area contributed by atoms with E-state index in [2.05, 4.69) is 9.72 Å². The molecule has 7 heteroatoms. The number of ether oxygens (including phenoxy) is 1. The van der Waals surface area contributed by atoms with Crippen LogP contribution >= 0.6 is 12.4 Å². The monoisotopic (exact) mass is 315 g/mol. The van der Waals surface area contributed by atoms with Crippen LogP contribution in [0.5, 0.6) is 0 Å². The second kappa shape index (κ2) is 10.1. The lowest BCUT2D eigenvalue weighted by Crippen LogP contribution is -2.34. The average Bonchev–Trinajstić information content (AvgIpc) is 2.49. The van der Waals surface area contributed by atoms with Crippen molar-refractivity contribution in [1.29, 1.82) is 0 Å². The number of methoxy groups -OCH3 is 1. The number of nitrogens with zero attached hydrogens (tertiary/aromatic N) is 2. The molecule has 0 aliphatic rings. The molecule has 1 atom stereocenters. The largest absolute Gasteiger partial charge is 0.468 e. The number of halogens is 1. The summed E-state index contributed by atoms with van der Waals surface area (Å²) in [6.45, 7) is 0.621. The summed E-state index contributed by atoms with van der Waals surface area (Å²) in [5.41, 5.74) is 6.72. The van der Waals surface area contributed by atoms with Crippen LogP contribution in [0.3, 0.4) is 0 Å². The van der Waals surface area contributed by atoms with Crippen molar-refractivity contribution in [2.24, 2.45) is 5.73 Å². The van der Waals surface area contributed by atoms with Gasteiger partial charge < -0.3 is 15.4 Å². The van der Waals surface area contributed by atoms with Crippen LogP contribution in [0.4, 0.5) is 0 Å². The Kier molecular flexibility index (Phi) is 9.32. The summed E-state index contributed by atoms with van der Waals surface area (Å²) >= 11 is 0. The highest BCUT2D eigenvalue weighted by atomic mass is 35.5. The third-order valence-corrected chi connectivity index (χ3v) is 3.08. The van der Waals surface area contributed by atoms with Crippen LogP contribution in [0.1, 0.15) is 18.4 Å². The lowest BCUT2D eigenvalue weighted by molar-refractivity contribution is -0.142. The maximum Gasteiger partial charge on any atom is 0.322 e. The number of pyridine rings is 1. The van der Waals surface area contributed by atoms with E-state index in [0.717, 1.165) is 12.0 Å². The minimum atomic E-state index is -0.738. The van der Waals surface area contributed by atoms with E-state index >= 15 is 0 Å². The molecule has 118 valence electrons. The summed E-state index contributed by atoms with van der Waals surface area (Å²) in [5, 5.41) is 0. The minimum Gasteiger partial charge on any atom is -0.468 e. The van der Waals surface area contributed by atoms with E-state index in [1.807, 2.05) is 12.1 Å². The smallest absolute Gasteiger partial charge is 0.322 e. The van der Waals surface area contributed by atoms with Crippen molar-refractivity contribution in [3.8, 4) is 0 Å². The predicted molar refractivity (Wildman–Crippen MR) is 82.1 cm³/mol. The SMILES string of the molecule is COC(=O)[C@@H](N)CCC(=O)N(C)CCc1ccncc1.Cl. The predicted octanol–water partition coefficient (Wildman–Crippen LogP) is 0.785. The summed E-state index contributed by atoms with van der Waals surface area (Å²) in [6.07, 6.45) is 4.76. The van der Waals surface area contributed by atoms with Crippen molar-refractivity contribution in [2.45, 2.75) is 25.3 Å². The van der Waals surface area contributed by atoms with Gasteiger partial charge in [-0.15, -0.1) is 12.4 Å². The molecular weight excluding hydrogens is 294 g/mol. The minimum absolute atomic E-state index is 0. The van der Waals surface area contributed by atoms with Gasteiger partial charge in [-0.3, -0.25) is 14.6 Å². The van der Waals surface area contributed by atoms with Gasteiger partial charge in [-0.1, -0.05) is 0 Å². The first-order chi connectivity index (χ1) is 9.54. The van der Waals surface area contributed by atoms with Gasteiger partial charge in [0.2, 0.25) is 5.91 Å². The molecule has 0 radical (unpaired) electrons. The fourth-order valence-corrected chi connectivity index (χ4v) is 1.71. The molecule has 2 N–H and O–H groups in total. The highest BCUT2D eigenvalue weighted by molar-refractivity contribution is 5.85. The maximum absolute atomic E-state index is 11.9. The molecule has 0 bridgehead atoms. The highest BCUT2D eigenvalue weighted by Crippen LogP contribution is 2.03. The number of nitrogens with two attached hydrogens (primary N) is 1. The molecule has 1 heterocycles. The summed E-state index contributed by atoms with van der Waals surface area (Å²) in [4.78, 5) is 28.6. The van der Waals surface area contributed by atoms with Crippen molar-refractivity contribution in [3.05, 3.63) is 30.1 Å². The summed E-state index contributed by atoms with van der Waals surface area (Å²) < 4.78 is 4.52. The zero-order valence-electron chi connectivity index (χ0n) is 12.3. The van der Waals surface area contributed by atoms with Crippen molar-refractivity contribution < 1.29 is 14.3 Å². The zero-order valence-corrected chi connectivity index (χ0v) is 13.1. The highest BCUT2D eigenvalue weighted by Gasteiger charge is 2.16. The van der Waals surface area contributed by atoms with Crippen LogP contribution in [0.15, 0.2) is 24.5 Å². The standard InChI is InChI=1S/C14H21N3O3.ClH/c1-17(10-7-11-5-8-16-9-6-11)13(18)4-3-12(15)14(19)20-2;/h5-6,8-9,12H,3-4,7,10,15H2,1-2H3;1H/t12-;/m0./s1. The molecule has 0 fully saturated rings. The lowest BCUT2D eigenvalue weighted by atomic mass is 10.1. The lowest BCUT2D eigenvalue weighted by Gasteiger charge is -2.18. The molecule has 0 saturated carbocycles. The molecule has 0 saturated heterocycles. The van der Waals surface area contributed by atoms with Crippen molar-refractivity contribution in [3.63, 3.8) is 0 Å². The number of amides is 1. The van der Waals surface area contributed by atoms with Gasteiger partial charge >= 0.3 is 5.97 Å². The number of aromatic nitrogens is 1. The molecule has 1 rings (SSSR count). The van der Waals surface area contributed by atoms with Gasteiger partial charge in [0.1, 0.15) is 6.04 Å². The number of carbonyl (C=O) groups is 2. The summed E-state index contributed by atoms with van der Waals surface area (Å²) in [5.74, 6) is -0.518. The van der Waals surface area contributed by atoms with Gasteiger partial charge in [0.25, 0.3) is 0 Å². The van der Waals surface area contributed by atoms with Gasteiger partial charge in [-0.05, 0) is 30.5 Å². The third-order valence-electron chi connectivity index (χ3n) is 3.08. The Morgan fingerprint density at radius 2 is 2.00 bits per heavy atom. The number of esters is 1. The maximum atomic E-state index is 11.9. The van der Waals surface area contributed by atoms with Crippen LogP contribution in [0, 0.1) is 0 Å². The second-order valence-corrected chi connectivity index (χ2v) is 4.59. The van der Waals surface area contributed by atoms with Crippen LogP contribution in [-0.4, -0.2) is 48.5 Å². The first-order valence-electron chi connectivity index (χ1n) is 6.51. The van der Waals surface area contributed by atoms with E-state index < -0.39 is 12.0 Å². The van der Waals surface area contributed by atoms with Gasteiger partial charge in [0.05, 0.1) is 7.11 Å². The van der Waals surface area contributed by atoms with Crippen molar-refractivity contribution >= 4 is 24.3 Å². The van der Waals surface area contributed by atoms with Crippen LogP contribution in [-0.2, 0) is 20.7 Å². The fourth-order valence-electron chi connectivity index (χ4n) is 1.71. The van der Waals surface area contributed by atoms with Crippen LogP contribution in [0.2, 0.25) is 0 Å². The van der Waals surface area contributed by atoms with E-state index in [1.165, 1.54) is 7.11 Å². The van der Waals surface area contributed by atoms with Crippen LogP contribution in [0.25, 0.3) is 0 Å². The number of hydrogen-bond donors (Lipinski definition) is 1. The van der Waals surface area contributed by atoms with Gasteiger partial charge in [-0.2, -0.15) is 0 Å². The Bertz CT molecular complexity index is 442. The molecular formula is C14H22ClN3O3. The Morgan fingerprint density at radius 3 is 2.57 bits per heavy atom. The molecule has 0 aliphatic carbocycles. The summed E-state index contributed by atoms with van der Waals surface area (Å²) in [7, 11) is 3.03. The fraction of sp³-hybridized carbons (Fsp3) is 0.500. The molecule has 1 aromatic rings. The van der Waals surface area contributed by atoms with Crippen molar-refractivity contribution in [1.82, 2.24) is 9.88 Å². The average molecular weight is 316 g/mol. The Hall–Kier alpha value is -1.66. The van der Waals surface area contributed by atoms with Crippen molar-refractivity contribution in [2.75, 3.05) is 20.7 Å². The number of likely N-dealkylation sites (N-methyl/N-ethyl adjacent to an activating group) is 1. The molecule has 0 aromatic carbocycles. The number of carbonyl (C=O) groups excluding carboxylic acids is 2. The molecule has 1 amide bonds. The third kappa shape index (κ3) is 7.06. The van der Waals surface area contributed by atoms with E-state index in [0.29, 0.717) is 13.0 Å². The first-order valence-corrected chi connectivity index (χ1v) is 6.51. The quantitative estimate of drug-likeness (QED) is 0.752. The zero-order chi connectivity index (χ0) is 15.0. The second-order valence-electron chi connectivity index (χ2n) is 4.59.